The predicted molar refractivity (Wildman–Crippen MR) is 91.8 cm³/mol. The van der Waals surface area contributed by atoms with E-state index in [0.29, 0.717) is 11.6 Å². The molecule has 0 bridgehead atoms. The number of fused-ring (bicyclic) bond motifs is 1. The Morgan fingerprint density at radius 1 is 1.19 bits per heavy atom. The van der Waals surface area contributed by atoms with E-state index in [-0.39, 0.29) is 0 Å². The maximum absolute atomic E-state index is 6.22. The van der Waals surface area contributed by atoms with Crippen LogP contribution in [0.3, 0.4) is 0 Å². The van der Waals surface area contributed by atoms with Crippen LogP contribution < -0.4 is 10.1 Å². The van der Waals surface area contributed by atoms with E-state index in [2.05, 4.69) is 35.0 Å². The molecule has 0 radical (unpaired) electrons. The maximum atomic E-state index is 6.22. The smallest absolute Gasteiger partial charge is 0.137 e. The lowest BCUT2D eigenvalue weighted by Gasteiger charge is -2.10. The average Bonchev–Trinajstić information content (AvgIpc) is 2.97. The monoisotopic (exact) mass is 317 g/mol. The molecule has 1 heterocycles. The topological polar surface area (TPSA) is 21.3 Å². The van der Waals surface area contributed by atoms with Crippen molar-refractivity contribution in [3.8, 4) is 5.75 Å². The van der Waals surface area contributed by atoms with Crippen LogP contribution in [0.2, 0.25) is 5.02 Å². The standard InChI is InChI=1S/C17H16ClNOS/c1-2-20-16-7-6-12(10-14(16)18)11-19-15-4-3-5-17-13(15)8-9-21-17/h3-10,19H,2,11H2,1H3. The van der Waals surface area contributed by atoms with Crippen LogP contribution in [0.15, 0.2) is 47.8 Å². The van der Waals surface area contributed by atoms with Gasteiger partial charge in [0.15, 0.2) is 0 Å². The number of hydrogen-bond acceptors (Lipinski definition) is 3. The van der Waals surface area contributed by atoms with Gasteiger partial charge in [-0.2, -0.15) is 0 Å². The lowest BCUT2D eigenvalue weighted by Crippen LogP contribution is -2.00. The van der Waals surface area contributed by atoms with Crippen molar-refractivity contribution in [3.63, 3.8) is 0 Å². The lowest BCUT2D eigenvalue weighted by atomic mass is 10.2. The predicted octanol–water partition coefficient (Wildman–Crippen LogP) is 5.57. The molecule has 0 saturated heterocycles. The molecule has 0 unspecified atom stereocenters. The molecule has 0 aliphatic carbocycles. The summed E-state index contributed by atoms with van der Waals surface area (Å²) in [6.07, 6.45) is 0. The minimum Gasteiger partial charge on any atom is -0.492 e. The average molecular weight is 318 g/mol. The zero-order valence-electron chi connectivity index (χ0n) is 11.7. The van der Waals surface area contributed by atoms with Crippen LogP contribution >= 0.6 is 22.9 Å². The highest BCUT2D eigenvalue weighted by Gasteiger charge is 2.04. The third-order valence-corrected chi connectivity index (χ3v) is 4.45. The first kappa shape index (κ1) is 14.2. The second kappa shape index (κ2) is 6.37. The quantitative estimate of drug-likeness (QED) is 0.664. The van der Waals surface area contributed by atoms with Gasteiger partial charge in [0.25, 0.3) is 0 Å². The Balaban J connectivity index is 1.75. The van der Waals surface area contributed by atoms with E-state index in [1.807, 2.05) is 25.1 Å². The Kier molecular flexibility index (Phi) is 4.32. The highest BCUT2D eigenvalue weighted by molar-refractivity contribution is 7.17. The summed E-state index contributed by atoms with van der Waals surface area (Å²) in [5.41, 5.74) is 2.29. The number of ether oxygens (including phenoxy) is 1. The molecule has 3 aromatic rings. The SMILES string of the molecule is CCOc1ccc(CNc2cccc3sccc23)cc1Cl. The molecule has 1 aromatic heterocycles. The van der Waals surface area contributed by atoms with Gasteiger partial charge >= 0.3 is 0 Å². The largest absolute Gasteiger partial charge is 0.492 e. The summed E-state index contributed by atoms with van der Waals surface area (Å²) < 4.78 is 6.75. The fourth-order valence-electron chi connectivity index (χ4n) is 2.27. The molecule has 1 N–H and O–H groups in total. The molecule has 2 aromatic carbocycles. The zero-order valence-corrected chi connectivity index (χ0v) is 13.3. The molecule has 0 fully saturated rings. The maximum Gasteiger partial charge on any atom is 0.137 e. The fraction of sp³-hybridized carbons (Fsp3) is 0.176. The van der Waals surface area contributed by atoms with Crippen LogP contribution in [0, 0.1) is 0 Å². The van der Waals surface area contributed by atoms with Crippen LogP contribution in [-0.2, 0) is 6.54 Å². The number of rotatable bonds is 5. The van der Waals surface area contributed by atoms with Gasteiger partial charge in [0, 0.05) is 22.3 Å². The van der Waals surface area contributed by atoms with Gasteiger partial charge in [-0.15, -0.1) is 11.3 Å². The van der Waals surface area contributed by atoms with E-state index in [1.54, 1.807) is 11.3 Å². The van der Waals surface area contributed by atoms with Gasteiger partial charge in [0.05, 0.1) is 11.6 Å². The Bertz CT molecular complexity index is 753. The molecule has 108 valence electrons. The molecule has 0 amide bonds. The molecule has 21 heavy (non-hydrogen) atoms. The highest BCUT2D eigenvalue weighted by atomic mass is 35.5. The molecule has 3 rings (SSSR count). The van der Waals surface area contributed by atoms with Crippen molar-refractivity contribution in [1.82, 2.24) is 0 Å². The van der Waals surface area contributed by atoms with Crippen molar-refractivity contribution in [3.05, 3.63) is 58.4 Å². The number of nitrogens with one attached hydrogen (secondary N) is 1. The van der Waals surface area contributed by atoms with Crippen molar-refractivity contribution >= 4 is 38.7 Å². The number of benzene rings is 2. The number of halogens is 1. The van der Waals surface area contributed by atoms with E-state index in [9.17, 15) is 0 Å². The Morgan fingerprint density at radius 3 is 2.90 bits per heavy atom. The first-order chi connectivity index (χ1) is 10.3. The number of thiophene rings is 1. The second-order valence-electron chi connectivity index (χ2n) is 4.69. The Morgan fingerprint density at radius 2 is 2.10 bits per heavy atom. The van der Waals surface area contributed by atoms with Crippen molar-refractivity contribution in [2.75, 3.05) is 11.9 Å². The summed E-state index contributed by atoms with van der Waals surface area (Å²) in [5, 5.41) is 7.51. The van der Waals surface area contributed by atoms with Crippen molar-refractivity contribution in [1.29, 1.82) is 0 Å². The summed E-state index contributed by atoms with van der Waals surface area (Å²) in [6.45, 7) is 3.31. The fourth-order valence-corrected chi connectivity index (χ4v) is 3.34. The lowest BCUT2D eigenvalue weighted by molar-refractivity contribution is 0.340. The minimum atomic E-state index is 0.622. The van der Waals surface area contributed by atoms with Crippen LogP contribution in [0.5, 0.6) is 5.75 Å². The number of anilines is 1. The molecular formula is C17H16ClNOS. The van der Waals surface area contributed by atoms with Crippen molar-refractivity contribution in [2.24, 2.45) is 0 Å². The summed E-state index contributed by atoms with van der Waals surface area (Å²) in [5.74, 6) is 0.739. The third-order valence-electron chi connectivity index (χ3n) is 3.27. The third kappa shape index (κ3) is 3.14. The minimum absolute atomic E-state index is 0.622. The summed E-state index contributed by atoms with van der Waals surface area (Å²) in [7, 11) is 0. The normalized spacial score (nSPS) is 10.8. The van der Waals surface area contributed by atoms with Gasteiger partial charge in [-0.25, -0.2) is 0 Å². The summed E-state index contributed by atoms with van der Waals surface area (Å²) in [4.78, 5) is 0. The van der Waals surface area contributed by atoms with E-state index >= 15 is 0 Å². The Hall–Kier alpha value is -1.71. The molecule has 0 spiro atoms. The molecular weight excluding hydrogens is 302 g/mol. The molecule has 0 aliphatic heterocycles. The molecule has 0 aliphatic rings. The van der Waals surface area contributed by atoms with Gasteiger partial charge < -0.3 is 10.1 Å². The highest BCUT2D eigenvalue weighted by Crippen LogP contribution is 2.29. The van der Waals surface area contributed by atoms with E-state index in [1.165, 1.54) is 10.1 Å². The second-order valence-corrected chi connectivity index (χ2v) is 6.04. The molecule has 4 heteroatoms. The first-order valence-electron chi connectivity index (χ1n) is 6.89. The molecule has 2 nitrogen and oxygen atoms in total. The molecule has 0 saturated carbocycles. The van der Waals surface area contributed by atoms with Gasteiger partial charge in [-0.1, -0.05) is 23.7 Å². The van der Waals surface area contributed by atoms with Crippen molar-refractivity contribution in [2.45, 2.75) is 13.5 Å². The Labute approximate surface area is 133 Å². The summed E-state index contributed by atoms with van der Waals surface area (Å²) >= 11 is 7.97. The van der Waals surface area contributed by atoms with Crippen LogP contribution in [-0.4, -0.2) is 6.61 Å². The summed E-state index contributed by atoms with van der Waals surface area (Å²) in [6, 6.07) is 14.4. The van der Waals surface area contributed by atoms with E-state index < -0.39 is 0 Å². The van der Waals surface area contributed by atoms with Gasteiger partial charge in [0.1, 0.15) is 5.75 Å². The van der Waals surface area contributed by atoms with E-state index in [4.69, 9.17) is 16.3 Å². The van der Waals surface area contributed by atoms with E-state index in [0.717, 1.165) is 23.5 Å². The van der Waals surface area contributed by atoms with Gasteiger partial charge in [-0.05, 0) is 48.2 Å². The van der Waals surface area contributed by atoms with Crippen LogP contribution in [0.25, 0.3) is 10.1 Å². The van der Waals surface area contributed by atoms with Gasteiger partial charge in [-0.3, -0.25) is 0 Å². The van der Waals surface area contributed by atoms with Crippen molar-refractivity contribution < 1.29 is 4.74 Å². The zero-order chi connectivity index (χ0) is 14.7. The first-order valence-corrected chi connectivity index (χ1v) is 8.15. The van der Waals surface area contributed by atoms with Gasteiger partial charge in [0.2, 0.25) is 0 Å². The molecule has 0 atom stereocenters. The van der Waals surface area contributed by atoms with Crippen LogP contribution in [0.1, 0.15) is 12.5 Å². The number of hydrogen-bond donors (Lipinski definition) is 1. The van der Waals surface area contributed by atoms with Crippen LogP contribution in [0.4, 0.5) is 5.69 Å².